The van der Waals surface area contributed by atoms with Gasteiger partial charge in [-0.15, -0.1) is 0 Å². The first-order valence-corrected chi connectivity index (χ1v) is 6.34. The first-order valence-electron chi connectivity index (χ1n) is 6.34. The monoisotopic (exact) mass is 254 g/mol. The van der Waals surface area contributed by atoms with E-state index in [9.17, 15) is 0 Å². The van der Waals surface area contributed by atoms with Gasteiger partial charge in [0, 0.05) is 12.7 Å². The zero-order valence-electron chi connectivity index (χ0n) is 11.3. The van der Waals surface area contributed by atoms with Crippen LogP contribution in [0.15, 0.2) is 59.6 Å². The maximum Gasteiger partial charge on any atom is 0.119 e. The minimum Gasteiger partial charge on any atom is -0.494 e. The predicted molar refractivity (Wildman–Crippen MR) is 80.6 cm³/mol. The van der Waals surface area contributed by atoms with Crippen LogP contribution in [-0.4, -0.2) is 20.0 Å². The van der Waals surface area contributed by atoms with Crippen molar-refractivity contribution in [3.8, 4) is 5.75 Å². The fourth-order valence-electron chi connectivity index (χ4n) is 1.68. The summed E-state index contributed by atoms with van der Waals surface area (Å²) < 4.78 is 5.42. The van der Waals surface area contributed by atoms with Gasteiger partial charge in [-0.05, 0) is 43.3 Å². The van der Waals surface area contributed by atoms with E-state index in [1.807, 2.05) is 79.8 Å². The van der Waals surface area contributed by atoms with E-state index in [0.29, 0.717) is 6.61 Å². The summed E-state index contributed by atoms with van der Waals surface area (Å²) in [6, 6.07) is 17.8. The van der Waals surface area contributed by atoms with E-state index in [-0.39, 0.29) is 0 Å². The summed E-state index contributed by atoms with van der Waals surface area (Å²) in [6.07, 6.45) is 1.81. The van der Waals surface area contributed by atoms with Crippen molar-refractivity contribution in [2.24, 2.45) is 4.99 Å². The molecule has 3 heteroatoms. The largest absolute Gasteiger partial charge is 0.494 e. The number of benzene rings is 2. The molecule has 0 radical (unpaired) electrons. The molecule has 19 heavy (non-hydrogen) atoms. The summed E-state index contributed by atoms with van der Waals surface area (Å²) in [5, 5.41) is 0. The van der Waals surface area contributed by atoms with Gasteiger partial charge in [0.05, 0.1) is 18.6 Å². The molecular weight excluding hydrogens is 236 g/mol. The van der Waals surface area contributed by atoms with Gasteiger partial charge in [-0.25, -0.2) is 4.99 Å². The van der Waals surface area contributed by atoms with E-state index in [2.05, 4.69) is 4.99 Å². The number of anilines is 1. The molecule has 0 aliphatic heterocycles. The summed E-state index contributed by atoms with van der Waals surface area (Å²) in [4.78, 5) is 6.39. The van der Waals surface area contributed by atoms with Gasteiger partial charge in [0.25, 0.3) is 0 Å². The summed E-state index contributed by atoms with van der Waals surface area (Å²) in [6.45, 7) is 2.66. The smallest absolute Gasteiger partial charge is 0.119 e. The standard InChI is InChI=1S/C16H18N2O/c1-3-19-16-11-9-15(10-12-16)18(2)13-17-14-7-5-4-6-8-14/h4-13H,3H2,1-2H3. The topological polar surface area (TPSA) is 24.8 Å². The van der Waals surface area contributed by atoms with E-state index in [1.165, 1.54) is 0 Å². The molecule has 0 unspecified atom stereocenters. The Hall–Kier alpha value is -2.29. The molecule has 0 heterocycles. The molecule has 0 aromatic heterocycles. The van der Waals surface area contributed by atoms with E-state index >= 15 is 0 Å². The van der Waals surface area contributed by atoms with Crippen molar-refractivity contribution in [3.05, 3.63) is 54.6 Å². The van der Waals surface area contributed by atoms with E-state index in [0.717, 1.165) is 17.1 Å². The van der Waals surface area contributed by atoms with E-state index in [1.54, 1.807) is 0 Å². The lowest BCUT2D eigenvalue weighted by Crippen LogP contribution is -2.13. The number of para-hydroxylation sites is 1. The molecule has 2 rings (SSSR count). The molecule has 3 nitrogen and oxygen atoms in total. The van der Waals surface area contributed by atoms with Crippen LogP contribution in [-0.2, 0) is 0 Å². The number of nitrogens with zero attached hydrogens (tertiary/aromatic N) is 2. The first kappa shape index (κ1) is 13.1. The Balaban J connectivity index is 2.03. The van der Waals surface area contributed by atoms with Gasteiger partial charge in [0.15, 0.2) is 0 Å². The number of aliphatic imine (C=N–C) groups is 1. The second-order valence-corrected chi connectivity index (χ2v) is 4.12. The van der Waals surface area contributed by atoms with E-state index < -0.39 is 0 Å². The van der Waals surface area contributed by atoms with Gasteiger partial charge >= 0.3 is 0 Å². The van der Waals surface area contributed by atoms with Crippen molar-refractivity contribution in [2.45, 2.75) is 6.92 Å². The van der Waals surface area contributed by atoms with Crippen LogP contribution >= 0.6 is 0 Å². The summed E-state index contributed by atoms with van der Waals surface area (Å²) in [7, 11) is 1.97. The summed E-state index contributed by atoms with van der Waals surface area (Å²) in [5.74, 6) is 0.889. The fourth-order valence-corrected chi connectivity index (χ4v) is 1.68. The Morgan fingerprint density at radius 2 is 1.74 bits per heavy atom. The lowest BCUT2D eigenvalue weighted by Gasteiger charge is -2.13. The molecule has 0 aliphatic carbocycles. The second kappa shape index (κ2) is 6.59. The summed E-state index contributed by atoms with van der Waals surface area (Å²) >= 11 is 0. The van der Waals surface area contributed by atoms with E-state index in [4.69, 9.17) is 4.74 Å². The molecule has 98 valence electrons. The molecule has 0 spiro atoms. The molecule has 2 aromatic carbocycles. The molecule has 0 saturated carbocycles. The van der Waals surface area contributed by atoms with Crippen molar-refractivity contribution < 1.29 is 4.74 Å². The molecular formula is C16H18N2O. The minimum atomic E-state index is 0.685. The van der Waals surface area contributed by atoms with Gasteiger partial charge in [0.2, 0.25) is 0 Å². The average Bonchev–Trinajstić information content (AvgIpc) is 2.47. The predicted octanol–water partition coefficient (Wildman–Crippen LogP) is 3.88. The quantitative estimate of drug-likeness (QED) is 0.597. The summed E-state index contributed by atoms with van der Waals surface area (Å²) in [5.41, 5.74) is 2.02. The molecule has 0 N–H and O–H groups in total. The number of hydrogen-bond acceptors (Lipinski definition) is 2. The molecule has 0 bridgehead atoms. The van der Waals surface area contributed by atoms with Crippen LogP contribution in [0.4, 0.5) is 11.4 Å². The number of ether oxygens (including phenoxy) is 1. The second-order valence-electron chi connectivity index (χ2n) is 4.12. The fraction of sp³-hybridized carbons (Fsp3) is 0.188. The zero-order valence-corrected chi connectivity index (χ0v) is 11.3. The highest BCUT2D eigenvalue weighted by molar-refractivity contribution is 5.80. The number of hydrogen-bond donors (Lipinski definition) is 0. The van der Waals surface area contributed by atoms with Gasteiger partial charge < -0.3 is 9.64 Å². The minimum absolute atomic E-state index is 0.685. The van der Waals surface area contributed by atoms with Crippen LogP contribution in [0.3, 0.4) is 0 Å². The third-order valence-electron chi connectivity index (χ3n) is 2.69. The van der Waals surface area contributed by atoms with Crippen LogP contribution in [0.2, 0.25) is 0 Å². The first-order chi connectivity index (χ1) is 9.29. The van der Waals surface area contributed by atoms with Gasteiger partial charge in [-0.3, -0.25) is 0 Å². The molecule has 0 fully saturated rings. The highest BCUT2D eigenvalue weighted by Crippen LogP contribution is 2.18. The van der Waals surface area contributed by atoms with Crippen LogP contribution in [0.1, 0.15) is 6.92 Å². The zero-order chi connectivity index (χ0) is 13.5. The Labute approximate surface area is 114 Å². The molecule has 0 aliphatic rings. The van der Waals surface area contributed by atoms with Crippen molar-refractivity contribution in [2.75, 3.05) is 18.6 Å². The Morgan fingerprint density at radius 3 is 2.37 bits per heavy atom. The van der Waals surface area contributed by atoms with Crippen molar-refractivity contribution >= 4 is 17.7 Å². The number of rotatable bonds is 5. The molecule has 0 amide bonds. The Bertz CT molecular complexity index is 520. The van der Waals surface area contributed by atoms with Crippen molar-refractivity contribution in [1.82, 2.24) is 0 Å². The lowest BCUT2D eigenvalue weighted by atomic mass is 10.3. The highest BCUT2D eigenvalue weighted by Gasteiger charge is 1.98. The van der Waals surface area contributed by atoms with Crippen LogP contribution in [0.5, 0.6) is 5.75 Å². The van der Waals surface area contributed by atoms with Gasteiger partial charge in [-0.2, -0.15) is 0 Å². The third-order valence-corrected chi connectivity index (χ3v) is 2.69. The van der Waals surface area contributed by atoms with Crippen molar-refractivity contribution in [1.29, 1.82) is 0 Å². The van der Waals surface area contributed by atoms with Crippen LogP contribution in [0.25, 0.3) is 0 Å². The molecule has 0 saturated heterocycles. The normalized spacial score (nSPS) is 10.6. The molecule has 0 atom stereocenters. The Morgan fingerprint density at radius 1 is 1.05 bits per heavy atom. The van der Waals surface area contributed by atoms with Gasteiger partial charge in [-0.1, -0.05) is 18.2 Å². The SMILES string of the molecule is CCOc1ccc(N(C)C=Nc2ccccc2)cc1. The molecule has 2 aromatic rings. The maximum atomic E-state index is 5.42. The third kappa shape index (κ3) is 3.85. The van der Waals surface area contributed by atoms with Crippen LogP contribution in [0, 0.1) is 0 Å². The Kier molecular flexibility index (Phi) is 4.56. The highest BCUT2D eigenvalue weighted by atomic mass is 16.5. The van der Waals surface area contributed by atoms with Crippen LogP contribution < -0.4 is 9.64 Å². The average molecular weight is 254 g/mol. The maximum absolute atomic E-state index is 5.42. The lowest BCUT2D eigenvalue weighted by molar-refractivity contribution is 0.340. The van der Waals surface area contributed by atoms with Crippen molar-refractivity contribution in [3.63, 3.8) is 0 Å². The van der Waals surface area contributed by atoms with Gasteiger partial charge in [0.1, 0.15) is 5.75 Å².